The van der Waals surface area contributed by atoms with Crippen LogP contribution in [0.3, 0.4) is 0 Å². The van der Waals surface area contributed by atoms with Crippen molar-refractivity contribution < 1.29 is 20.1 Å². The number of carbonyl (C=O) groups excluding carboxylic acids is 1. The van der Waals surface area contributed by atoms with Crippen molar-refractivity contribution in [1.82, 2.24) is 0 Å². The topological polar surface area (TPSA) is 77.8 Å². The van der Waals surface area contributed by atoms with Crippen LogP contribution in [0.25, 0.3) is 0 Å². The highest BCUT2D eigenvalue weighted by Crippen LogP contribution is 2.24. The quantitative estimate of drug-likeness (QED) is 0.732. The van der Waals surface area contributed by atoms with Crippen LogP contribution < -0.4 is 0 Å². The van der Waals surface area contributed by atoms with Crippen molar-refractivity contribution in [3.63, 3.8) is 0 Å². The predicted molar refractivity (Wildman–Crippen MR) is 70.3 cm³/mol. The lowest BCUT2D eigenvalue weighted by molar-refractivity contribution is 0.0745. The van der Waals surface area contributed by atoms with E-state index in [1.165, 1.54) is 12.1 Å². The molecule has 1 atom stereocenters. The highest BCUT2D eigenvalue weighted by Gasteiger charge is 2.20. The van der Waals surface area contributed by atoms with E-state index in [4.69, 9.17) is 5.11 Å². The molecule has 2 rings (SSSR count). The maximum absolute atomic E-state index is 12.0. The van der Waals surface area contributed by atoms with Crippen LogP contribution in [0, 0.1) is 0 Å². The van der Waals surface area contributed by atoms with Gasteiger partial charge in [0.2, 0.25) is 0 Å². The number of ketones is 1. The molecule has 0 unspecified atom stereocenters. The molecule has 0 amide bonds. The molecule has 0 fully saturated rings. The minimum atomic E-state index is -1.22. The van der Waals surface area contributed by atoms with Gasteiger partial charge in [0.05, 0.1) is 5.56 Å². The number of phenolic OH excluding ortho intramolecular Hbond substituents is 2. The number of aromatic hydroxyl groups is 2. The third-order valence-corrected chi connectivity index (χ3v) is 2.82. The van der Waals surface area contributed by atoms with Crippen LogP contribution in [-0.2, 0) is 6.42 Å². The highest BCUT2D eigenvalue weighted by atomic mass is 16.3. The summed E-state index contributed by atoms with van der Waals surface area (Å²) in [7, 11) is 0. The minimum absolute atomic E-state index is 0.00114. The molecule has 0 aromatic heterocycles. The van der Waals surface area contributed by atoms with E-state index in [1.54, 1.807) is 0 Å². The summed E-state index contributed by atoms with van der Waals surface area (Å²) < 4.78 is 0. The summed E-state index contributed by atoms with van der Waals surface area (Å²) in [5.41, 5.74) is 0.836. The summed E-state index contributed by atoms with van der Waals surface area (Å²) in [4.78, 5) is 12.0. The summed E-state index contributed by atoms with van der Waals surface area (Å²) in [5, 5.41) is 28.6. The number of benzene rings is 2. The minimum Gasteiger partial charge on any atom is -0.508 e. The molecule has 2 aromatic rings. The molecule has 0 aliphatic heterocycles. The molecule has 0 heterocycles. The van der Waals surface area contributed by atoms with Crippen molar-refractivity contribution in [2.24, 2.45) is 0 Å². The first-order valence-corrected chi connectivity index (χ1v) is 5.86. The fourth-order valence-corrected chi connectivity index (χ4v) is 1.84. The molecule has 0 saturated heterocycles. The summed E-state index contributed by atoms with van der Waals surface area (Å²) in [6.45, 7) is 0. The van der Waals surface area contributed by atoms with Crippen LogP contribution in [0.2, 0.25) is 0 Å². The van der Waals surface area contributed by atoms with Gasteiger partial charge in [0.15, 0.2) is 5.78 Å². The fraction of sp³-hybridized carbons (Fsp3) is 0.133. The lowest BCUT2D eigenvalue weighted by Crippen LogP contribution is -2.23. The number of aliphatic hydroxyl groups excluding tert-OH is 1. The average molecular weight is 258 g/mol. The number of hydrogen-bond donors (Lipinski definition) is 3. The second kappa shape index (κ2) is 5.54. The van der Waals surface area contributed by atoms with Gasteiger partial charge in [-0.3, -0.25) is 4.79 Å². The summed E-state index contributed by atoms with van der Waals surface area (Å²) in [5.74, 6) is -1.04. The van der Waals surface area contributed by atoms with Gasteiger partial charge in [-0.1, -0.05) is 30.3 Å². The Morgan fingerprint density at radius 3 is 2.37 bits per heavy atom. The van der Waals surface area contributed by atoms with Crippen molar-refractivity contribution in [3.8, 4) is 11.5 Å². The maximum atomic E-state index is 12.0. The highest BCUT2D eigenvalue weighted by molar-refractivity contribution is 6.01. The molecule has 0 aliphatic carbocycles. The number of phenols is 2. The lowest BCUT2D eigenvalue weighted by Gasteiger charge is -2.11. The van der Waals surface area contributed by atoms with E-state index < -0.39 is 11.9 Å². The van der Waals surface area contributed by atoms with Gasteiger partial charge in [0, 0.05) is 12.5 Å². The van der Waals surface area contributed by atoms with Crippen molar-refractivity contribution in [2.75, 3.05) is 0 Å². The van der Waals surface area contributed by atoms with Crippen LogP contribution in [0.1, 0.15) is 15.9 Å². The maximum Gasteiger partial charge on any atom is 0.195 e. The van der Waals surface area contributed by atoms with Gasteiger partial charge < -0.3 is 15.3 Å². The molecule has 2 aromatic carbocycles. The summed E-state index contributed by atoms with van der Waals surface area (Å²) in [6.07, 6.45) is -1.04. The molecule has 19 heavy (non-hydrogen) atoms. The van der Waals surface area contributed by atoms with Gasteiger partial charge in [-0.25, -0.2) is 0 Å². The molecule has 0 saturated carbocycles. The van der Waals surface area contributed by atoms with Crippen LogP contribution in [0.5, 0.6) is 11.5 Å². The third kappa shape index (κ3) is 3.11. The van der Waals surface area contributed by atoms with E-state index in [9.17, 15) is 15.0 Å². The van der Waals surface area contributed by atoms with Crippen molar-refractivity contribution in [3.05, 3.63) is 59.7 Å². The monoisotopic (exact) mass is 258 g/mol. The zero-order valence-corrected chi connectivity index (χ0v) is 10.2. The standard InChI is InChI=1S/C15H14O4/c16-11-6-7-12(13(17)9-11)15(19)14(18)8-10-4-2-1-3-5-10/h1-7,9,14,16-18H,8H2/t14-/m1/s1. The molecule has 0 bridgehead atoms. The Hall–Kier alpha value is -2.33. The molecular formula is C15H14O4. The number of aliphatic hydroxyl groups is 1. The molecule has 4 nitrogen and oxygen atoms in total. The van der Waals surface area contributed by atoms with Gasteiger partial charge in [-0.15, -0.1) is 0 Å². The van der Waals surface area contributed by atoms with Crippen LogP contribution in [0.4, 0.5) is 0 Å². The SMILES string of the molecule is O=C(c1ccc(O)cc1O)[C@H](O)Cc1ccccc1. The van der Waals surface area contributed by atoms with E-state index in [1.807, 2.05) is 30.3 Å². The second-order valence-electron chi connectivity index (χ2n) is 4.27. The zero-order valence-electron chi connectivity index (χ0n) is 10.2. The smallest absolute Gasteiger partial charge is 0.195 e. The van der Waals surface area contributed by atoms with Gasteiger partial charge in [-0.05, 0) is 17.7 Å². The van der Waals surface area contributed by atoms with Crippen LogP contribution in [0.15, 0.2) is 48.5 Å². The van der Waals surface area contributed by atoms with Crippen molar-refractivity contribution >= 4 is 5.78 Å². The molecule has 3 N–H and O–H groups in total. The molecule has 0 radical (unpaired) electrons. The zero-order chi connectivity index (χ0) is 13.8. The predicted octanol–water partition coefficient (Wildman–Crippen LogP) is 1.88. The van der Waals surface area contributed by atoms with Gasteiger partial charge in [0.25, 0.3) is 0 Å². The first-order valence-electron chi connectivity index (χ1n) is 5.86. The Morgan fingerprint density at radius 1 is 1.05 bits per heavy atom. The van der Waals surface area contributed by atoms with Gasteiger partial charge >= 0.3 is 0 Å². The molecule has 98 valence electrons. The molecule has 0 spiro atoms. The van der Waals surface area contributed by atoms with Crippen molar-refractivity contribution in [1.29, 1.82) is 0 Å². The lowest BCUT2D eigenvalue weighted by atomic mass is 9.99. The van der Waals surface area contributed by atoms with E-state index >= 15 is 0 Å². The summed E-state index contributed by atoms with van der Waals surface area (Å²) >= 11 is 0. The Bertz CT molecular complexity index is 578. The number of carbonyl (C=O) groups is 1. The number of Topliss-reactive ketones (excluding diaryl/α,β-unsaturated/α-hetero) is 1. The molecule has 0 aliphatic rings. The Labute approximate surface area is 110 Å². The largest absolute Gasteiger partial charge is 0.508 e. The van der Waals surface area contributed by atoms with E-state index in [2.05, 4.69) is 0 Å². The van der Waals surface area contributed by atoms with Gasteiger partial charge in [0.1, 0.15) is 17.6 Å². The fourth-order valence-electron chi connectivity index (χ4n) is 1.84. The molecule has 4 heteroatoms. The molecular weight excluding hydrogens is 244 g/mol. The van der Waals surface area contributed by atoms with E-state index in [0.717, 1.165) is 11.6 Å². The Balaban J connectivity index is 2.15. The normalized spacial score (nSPS) is 12.1. The van der Waals surface area contributed by atoms with Crippen LogP contribution >= 0.6 is 0 Å². The van der Waals surface area contributed by atoms with Crippen molar-refractivity contribution in [2.45, 2.75) is 12.5 Å². The second-order valence-corrected chi connectivity index (χ2v) is 4.27. The van der Waals surface area contributed by atoms with E-state index in [0.29, 0.717) is 0 Å². The van der Waals surface area contributed by atoms with Gasteiger partial charge in [-0.2, -0.15) is 0 Å². The first-order chi connectivity index (χ1) is 9.08. The summed E-state index contributed by atoms with van der Waals surface area (Å²) in [6, 6.07) is 12.8. The third-order valence-electron chi connectivity index (χ3n) is 2.82. The number of rotatable bonds is 4. The Morgan fingerprint density at radius 2 is 1.74 bits per heavy atom. The van der Waals surface area contributed by atoms with E-state index in [-0.39, 0.29) is 23.5 Å². The Kier molecular flexibility index (Phi) is 3.82. The number of hydrogen-bond acceptors (Lipinski definition) is 4. The average Bonchev–Trinajstić information content (AvgIpc) is 2.39. The van der Waals surface area contributed by atoms with Crippen LogP contribution in [-0.4, -0.2) is 27.2 Å². The first kappa shape index (κ1) is 13.1.